The lowest BCUT2D eigenvalue weighted by Gasteiger charge is -2.45. The number of nitrogens with zero attached hydrogens (tertiary/aromatic N) is 2. The highest BCUT2D eigenvalue weighted by Gasteiger charge is 2.66. The van der Waals surface area contributed by atoms with Gasteiger partial charge in [-0.15, -0.1) is 0 Å². The summed E-state index contributed by atoms with van der Waals surface area (Å²) in [6.45, 7) is 1.29. The zero-order valence-electron chi connectivity index (χ0n) is 17.7. The number of aliphatic imine (C=N–C) groups is 1. The molecule has 1 amide bonds. The monoisotopic (exact) mass is 409 g/mol. The summed E-state index contributed by atoms with van der Waals surface area (Å²) >= 11 is 0. The van der Waals surface area contributed by atoms with Crippen LogP contribution in [0.4, 0.5) is 0 Å². The van der Waals surface area contributed by atoms with Gasteiger partial charge in [0, 0.05) is 19.1 Å². The zero-order chi connectivity index (χ0) is 20.5. The maximum Gasteiger partial charge on any atom is 0.262 e. The average molecular weight is 410 g/mol. The molecule has 160 valence electrons. The molecule has 2 spiro atoms. The van der Waals surface area contributed by atoms with Crippen molar-refractivity contribution >= 4 is 11.9 Å². The van der Waals surface area contributed by atoms with Crippen molar-refractivity contribution in [2.24, 2.45) is 16.1 Å². The molecule has 1 unspecified atom stereocenters. The number of carbonyl (C=O) groups excluding carboxylic acids is 1. The van der Waals surface area contributed by atoms with E-state index in [1.165, 1.54) is 24.0 Å². The fourth-order valence-corrected chi connectivity index (χ4v) is 6.36. The quantitative estimate of drug-likeness (QED) is 0.830. The van der Waals surface area contributed by atoms with Gasteiger partial charge in [-0.25, -0.2) is 4.99 Å². The van der Waals surface area contributed by atoms with E-state index in [4.69, 9.17) is 20.2 Å². The standard InChI is InChI=1S/C24H31N3O3/c1-29-18-6-9-23(10-7-18)13-17-5-4-16(15-2-3-15)12-20(17)24(23)21(28)27(22(25)26-24)14-19-8-11-30-19/h4-5,12,15,18-19H,2-3,6-11,13-14H2,1H3,(H2,25,26)/t18-,19?,23-,24-/m0/s1. The van der Waals surface area contributed by atoms with E-state index in [2.05, 4.69) is 18.2 Å². The van der Waals surface area contributed by atoms with E-state index in [1.54, 1.807) is 12.0 Å². The Morgan fingerprint density at radius 1 is 1.23 bits per heavy atom. The summed E-state index contributed by atoms with van der Waals surface area (Å²) in [5.41, 5.74) is 9.11. The fraction of sp³-hybridized carbons (Fsp3) is 0.667. The summed E-state index contributed by atoms with van der Waals surface area (Å²) in [6, 6.07) is 6.83. The van der Waals surface area contributed by atoms with Crippen LogP contribution in [0.3, 0.4) is 0 Å². The van der Waals surface area contributed by atoms with Gasteiger partial charge in [0.25, 0.3) is 5.91 Å². The van der Waals surface area contributed by atoms with E-state index in [0.29, 0.717) is 18.4 Å². The molecule has 5 aliphatic rings. The van der Waals surface area contributed by atoms with E-state index < -0.39 is 5.54 Å². The molecule has 2 heterocycles. The Morgan fingerprint density at radius 3 is 2.63 bits per heavy atom. The van der Waals surface area contributed by atoms with Gasteiger partial charge in [0.1, 0.15) is 0 Å². The molecular formula is C24H31N3O3. The molecule has 2 N–H and O–H groups in total. The Morgan fingerprint density at radius 2 is 2.00 bits per heavy atom. The number of methoxy groups -OCH3 is 1. The van der Waals surface area contributed by atoms with Gasteiger partial charge < -0.3 is 15.2 Å². The Hall–Kier alpha value is -1.92. The number of ether oxygens (including phenoxy) is 2. The fourth-order valence-electron chi connectivity index (χ4n) is 6.36. The van der Waals surface area contributed by atoms with Gasteiger partial charge in [-0.3, -0.25) is 9.69 Å². The summed E-state index contributed by atoms with van der Waals surface area (Å²) in [5.74, 6) is 1.08. The molecule has 0 aromatic heterocycles. The van der Waals surface area contributed by atoms with Gasteiger partial charge in [-0.2, -0.15) is 0 Å². The summed E-state index contributed by atoms with van der Waals surface area (Å²) in [7, 11) is 1.79. The van der Waals surface area contributed by atoms with Crippen LogP contribution in [0.1, 0.15) is 67.6 Å². The lowest BCUT2D eigenvalue weighted by molar-refractivity contribution is -0.141. The molecule has 30 heavy (non-hydrogen) atoms. The zero-order valence-corrected chi connectivity index (χ0v) is 17.7. The van der Waals surface area contributed by atoms with Crippen molar-refractivity contribution in [3.05, 3.63) is 34.9 Å². The Balaban J connectivity index is 1.45. The van der Waals surface area contributed by atoms with E-state index >= 15 is 0 Å². The van der Waals surface area contributed by atoms with Crippen molar-refractivity contribution in [1.82, 2.24) is 4.90 Å². The molecule has 6 rings (SSSR count). The normalized spacial score (nSPS) is 37.6. The summed E-state index contributed by atoms with van der Waals surface area (Å²) < 4.78 is 11.3. The molecule has 1 saturated heterocycles. The third-order valence-electron chi connectivity index (χ3n) is 8.38. The van der Waals surface area contributed by atoms with Crippen molar-refractivity contribution in [2.75, 3.05) is 20.3 Å². The number of hydrogen-bond acceptors (Lipinski definition) is 5. The van der Waals surface area contributed by atoms with Crippen LogP contribution in [-0.2, 0) is 26.2 Å². The lowest BCUT2D eigenvalue weighted by atomic mass is 9.61. The summed E-state index contributed by atoms with van der Waals surface area (Å²) in [4.78, 5) is 20.9. The van der Waals surface area contributed by atoms with Crippen molar-refractivity contribution in [2.45, 2.75) is 75.0 Å². The highest BCUT2D eigenvalue weighted by Crippen LogP contribution is 2.62. The molecule has 2 saturated carbocycles. The number of amides is 1. The second-order valence-electron chi connectivity index (χ2n) is 9.96. The van der Waals surface area contributed by atoms with E-state index in [1.807, 2.05) is 0 Å². The summed E-state index contributed by atoms with van der Waals surface area (Å²) in [6.07, 6.45) is 8.55. The first kappa shape index (κ1) is 18.8. The maximum atomic E-state index is 14.1. The van der Waals surface area contributed by atoms with Crippen molar-refractivity contribution < 1.29 is 14.3 Å². The number of guanidine groups is 1. The second-order valence-corrected chi connectivity index (χ2v) is 9.96. The Bertz CT molecular complexity index is 912. The van der Waals surface area contributed by atoms with Crippen LogP contribution in [0, 0.1) is 5.41 Å². The topological polar surface area (TPSA) is 77.2 Å². The van der Waals surface area contributed by atoms with E-state index in [0.717, 1.165) is 50.7 Å². The molecule has 2 aliphatic heterocycles. The van der Waals surface area contributed by atoms with Gasteiger partial charge in [0.2, 0.25) is 0 Å². The van der Waals surface area contributed by atoms with Crippen molar-refractivity contribution in [3.8, 4) is 0 Å². The minimum Gasteiger partial charge on any atom is -0.381 e. The summed E-state index contributed by atoms with van der Waals surface area (Å²) in [5, 5.41) is 0. The van der Waals surface area contributed by atoms with Gasteiger partial charge in [-0.1, -0.05) is 18.2 Å². The number of carbonyl (C=O) groups is 1. The molecule has 1 aromatic carbocycles. The molecule has 6 heteroatoms. The Labute approximate surface area is 177 Å². The van der Waals surface area contributed by atoms with Crippen LogP contribution in [0.5, 0.6) is 0 Å². The highest BCUT2D eigenvalue weighted by molar-refractivity contribution is 6.08. The van der Waals surface area contributed by atoms with Crippen LogP contribution in [0.2, 0.25) is 0 Å². The van der Waals surface area contributed by atoms with Crippen LogP contribution >= 0.6 is 0 Å². The third-order valence-corrected chi connectivity index (χ3v) is 8.38. The maximum absolute atomic E-state index is 14.1. The first-order chi connectivity index (χ1) is 14.6. The number of benzene rings is 1. The molecular weight excluding hydrogens is 378 g/mol. The largest absolute Gasteiger partial charge is 0.381 e. The molecule has 0 bridgehead atoms. The highest BCUT2D eigenvalue weighted by atomic mass is 16.5. The van der Waals surface area contributed by atoms with Gasteiger partial charge in [0.15, 0.2) is 11.5 Å². The van der Waals surface area contributed by atoms with Crippen molar-refractivity contribution in [1.29, 1.82) is 0 Å². The van der Waals surface area contributed by atoms with Crippen LogP contribution in [-0.4, -0.2) is 49.2 Å². The first-order valence-electron chi connectivity index (χ1n) is 11.5. The predicted octanol–water partition coefficient (Wildman–Crippen LogP) is 2.84. The first-order valence-corrected chi connectivity index (χ1v) is 11.5. The smallest absolute Gasteiger partial charge is 0.262 e. The third kappa shape index (κ3) is 2.50. The Kier molecular flexibility index (Phi) is 4.10. The van der Waals surface area contributed by atoms with Crippen LogP contribution in [0.15, 0.2) is 23.2 Å². The predicted molar refractivity (Wildman–Crippen MR) is 113 cm³/mol. The van der Waals surface area contributed by atoms with E-state index in [9.17, 15) is 4.79 Å². The van der Waals surface area contributed by atoms with Gasteiger partial charge >= 0.3 is 0 Å². The minimum atomic E-state index is -0.875. The van der Waals surface area contributed by atoms with Crippen molar-refractivity contribution in [3.63, 3.8) is 0 Å². The number of hydrogen-bond donors (Lipinski definition) is 1. The molecule has 3 aliphatic carbocycles. The second kappa shape index (κ2) is 6.54. The van der Waals surface area contributed by atoms with Gasteiger partial charge in [-0.05, 0) is 74.0 Å². The molecule has 0 radical (unpaired) electrons. The SMILES string of the molecule is CO[C@H]1CC[C@]2(CC1)Cc1ccc(C3CC3)cc1[C@@]21N=C(N)N(CC2CCO2)C1=O. The average Bonchev–Trinajstić information content (AvgIpc) is 3.49. The van der Waals surface area contributed by atoms with Crippen LogP contribution in [0.25, 0.3) is 0 Å². The molecule has 3 fully saturated rings. The number of nitrogens with two attached hydrogens (primary N) is 1. The molecule has 2 atom stereocenters. The number of rotatable bonds is 4. The molecule has 6 nitrogen and oxygen atoms in total. The van der Waals surface area contributed by atoms with E-state index in [-0.39, 0.29) is 23.5 Å². The minimum absolute atomic E-state index is 0.0677. The van der Waals surface area contributed by atoms with Gasteiger partial charge in [0.05, 0.1) is 18.8 Å². The lowest BCUT2D eigenvalue weighted by Crippen LogP contribution is -2.54. The number of fused-ring (bicyclic) bond motifs is 3. The van der Waals surface area contributed by atoms with Crippen LogP contribution < -0.4 is 5.73 Å². The molecule has 1 aromatic rings.